The first-order valence-electron chi connectivity index (χ1n) is 9.03. The summed E-state index contributed by atoms with van der Waals surface area (Å²) in [5.41, 5.74) is 3.66. The lowest BCUT2D eigenvalue weighted by atomic mass is 10.2. The molecule has 0 aliphatic rings. The zero-order valence-electron chi connectivity index (χ0n) is 15.3. The highest BCUT2D eigenvalue weighted by atomic mass is 79.9. The van der Waals surface area contributed by atoms with Crippen molar-refractivity contribution in [1.29, 1.82) is 0 Å². The van der Waals surface area contributed by atoms with Crippen LogP contribution in [0.1, 0.15) is 0 Å². The molecular formula is C24H12Br4O2. The average Bonchev–Trinajstić information content (AvgIpc) is 3.27. The summed E-state index contributed by atoms with van der Waals surface area (Å²) in [7, 11) is 0. The second kappa shape index (κ2) is 8.15. The minimum Gasteiger partial charge on any atom is -0.456 e. The number of rotatable bonds is 0. The van der Waals surface area contributed by atoms with Crippen molar-refractivity contribution < 1.29 is 8.83 Å². The van der Waals surface area contributed by atoms with E-state index in [0.717, 1.165) is 61.8 Å². The van der Waals surface area contributed by atoms with Crippen LogP contribution in [0.25, 0.3) is 43.9 Å². The Bertz CT molecular complexity index is 1490. The summed E-state index contributed by atoms with van der Waals surface area (Å²) in [4.78, 5) is 0. The lowest BCUT2D eigenvalue weighted by Gasteiger charge is -1.91. The van der Waals surface area contributed by atoms with Crippen LogP contribution in [0.2, 0.25) is 0 Å². The van der Waals surface area contributed by atoms with E-state index in [0.29, 0.717) is 0 Å². The van der Waals surface area contributed by atoms with Crippen LogP contribution in [0, 0.1) is 0 Å². The van der Waals surface area contributed by atoms with Crippen molar-refractivity contribution in [2.75, 3.05) is 0 Å². The van der Waals surface area contributed by atoms with Gasteiger partial charge in [-0.2, -0.15) is 0 Å². The Morgan fingerprint density at radius 2 is 1.07 bits per heavy atom. The smallest absolute Gasteiger partial charge is 0.149 e. The molecule has 6 aromatic rings. The van der Waals surface area contributed by atoms with Gasteiger partial charge in [0.25, 0.3) is 0 Å². The van der Waals surface area contributed by atoms with Crippen LogP contribution >= 0.6 is 63.7 Å². The van der Waals surface area contributed by atoms with Gasteiger partial charge in [-0.1, -0.05) is 59.9 Å². The fourth-order valence-corrected chi connectivity index (χ4v) is 4.97. The highest BCUT2D eigenvalue weighted by Crippen LogP contribution is 2.34. The van der Waals surface area contributed by atoms with E-state index in [1.165, 1.54) is 0 Å². The summed E-state index contributed by atoms with van der Waals surface area (Å²) in [6.45, 7) is 0. The number of hydrogen-bond donors (Lipinski definition) is 0. The number of benzene rings is 4. The fraction of sp³-hybridized carbons (Fsp3) is 0. The Morgan fingerprint density at radius 3 is 1.73 bits per heavy atom. The van der Waals surface area contributed by atoms with Crippen LogP contribution in [0.5, 0.6) is 0 Å². The first kappa shape index (κ1) is 20.3. The molecule has 0 spiro atoms. The van der Waals surface area contributed by atoms with Gasteiger partial charge in [0.2, 0.25) is 0 Å². The van der Waals surface area contributed by atoms with Gasteiger partial charge >= 0.3 is 0 Å². The SMILES string of the molecule is Brc1ccc2c(c1)oc1c(Br)cccc12.Brc1ccc2oc3ccc(Br)cc3c2c1. The summed E-state index contributed by atoms with van der Waals surface area (Å²) in [5, 5.41) is 4.57. The van der Waals surface area contributed by atoms with Crippen LogP contribution in [-0.2, 0) is 0 Å². The third-order valence-electron chi connectivity index (χ3n) is 4.81. The predicted octanol–water partition coefficient (Wildman–Crippen LogP) is 10.2. The second-order valence-electron chi connectivity index (χ2n) is 6.74. The topological polar surface area (TPSA) is 26.3 Å². The first-order chi connectivity index (χ1) is 14.5. The summed E-state index contributed by atoms with van der Waals surface area (Å²) in [6.07, 6.45) is 0. The Labute approximate surface area is 205 Å². The van der Waals surface area contributed by atoms with E-state index < -0.39 is 0 Å². The van der Waals surface area contributed by atoms with Gasteiger partial charge in [0, 0.05) is 35.0 Å². The van der Waals surface area contributed by atoms with Gasteiger partial charge in [0.15, 0.2) is 0 Å². The summed E-state index contributed by atoms with van der Waals surface area (Å²) < 4.78 is 15.7. The molecule has 0 aliphatic carbocycles. The number of hydrogen-bond acceptors (Lipinski definition) is 2. The Kier molecular flexibility index (Phi) is 5.52. The van der Waals surface area contributed by atoms with Crippen molar-refractivity contribution >= 4 is 108 Å². The van der Waals surface area contributed by atoms with Gasteiger partial charge in [-0.25, -0.2) is 0 Å². The minimum atomic E-state index is 0.908. The maximum absolute atomic E-state index is 5.79. The molecule has 4 aromatic carbocycles. The molecule has 0 amide bonds. The van der Waals surface area contributed by atoms with Gasteiger partial charge < -0.3 is 8.83 Å². The van der Waals surface area contributed by atoms with Gasteiger partial charge in [0.05, 0.1) is 4.47 Å². The molecule has 6 rings (SSSR count). The largest absolute Gasteiger partial charge is 0.456 e. The molecule has 2 aromatic heterocycles. The third-order valence-corrected chi connectivity index (χ3v) is 6.91. The average molecular weight is 652 g/mol. The quantitative estimate of drug-likeness (QED) is 0.163. The molecule has 0 radical (unpaired) electrons. The summed E-state index contributed by atoms with van der Waals surface area (Å²) in [5.74, 6) is 0. The van der Waals surface area contributed by atoms with Crippen molar-refractivity contribution in [3.63, 3.8) is 0 Å². The second-order valence-corrected chi connectivity index (χ2v) is 10.3. The highest BCUT2D eigenvalue weighted by molar-refractivity contribution is 9.11. The molecule has 0 atom stereocenters. The Hall–Kier alpha value is -1.60. The Balaban J connectivity index is 0.000000128. The normalized spacial score (nSPS) is 11.3. The van der Waals surface area contributed by atoms with Crippen molar-refractivity contribution in [3.8, 4) is 0 Å². The van der Waals surface area contributed by atoms with Crippen molar-refractivity contribution in [2.24, 2.45) is 0 Å². The number of halogens is 4. The van der Waals surface area contributed by atoms with Gasteiger partial charge in [0.1, 0.15) is 22.3 Å². The van der Waals surface area contributed by atoms with Crippen LogP contribution < -0.4 is 0 Å². The number of para-hydroxylation sites is 1. The van der Waals surface area contributed by atoms with Gasteiger partial charge in [-0.15, -0.1) is 0 Å². The molecule has 0 N–H and O–H groups in total. The maximum atomic E-state index is 5.79. The third kappa shape index (κ3) is 3.75. The van der Waals surface area contributed by atoms with E-state index in [4.69, 9.17) is 8.83 Å². The lowest BCUT2D eigenvalue weighted by molar-refractivity contribution is 0.666. The zero-order valence-corrected chi connectivity index (χ0v) is 21.6. The minimum absolute atomic E-state index is 0.908. The summed E-state index contributed by atoms with van der Waals surface area (Å²) in [6, 6.07) is 24.2. The Morgan fingerprint density at radius 1 is 0.467 bits per heavy atom. The van der Waals surface area contributed by atoms with E-state index in [1.807, 2.05) is 48.5 Å². The molecule has 148 valence electrons. The molecular weight excluding hydrogens is 640 g/mol. The van der Waals surface area contributed by atoms with Crippen LogP contribution in [0.3, 0.4) is 0 Å². The maximum Gasteiger partial charge on any atom is 0.149 e. The van der Waals surface area contributed by atoms with E-state index in [2.05, 4.69) is 88.0 Å². The zero-order chi connectivity index (χ0) is 20.8. The van der Waals surface area contributed by atoms with Crippen molar-refractivity contribution in [1.82, 2.24) is 0 Å². The van der Waals surface area contributed by atoms with E-state index in [9.17, 15) is 0 Å². The molecule has 0 unspecified atom stereocenters. The van der Waals surface area contributed by atoms with Crippen LogP contribution in [0.15, 0.2) is 99.5 Å². The van der Waals surface area contributed by atoms with Crippen LogP contribution in [-0.4, -0.2) is 0 Å². The molecule has 0 fully saturated rings. The molecule has 0 saturated carbocycles. The molecule has 6 heteroatoms. The first-order valence-corrected chi connectivity index (χ1v) is 12.2. The standard InChI is InChI=1S/2C12H6Br2O/c13-7-1-3-11-9(5-7)10-6-8(14)2-4-12(10)15-11;13-7-4-5-8-9-2-1-3-10(14)12(9)15-11(8)6-7/h2*1-6H. The van der Waals surface area contributed by atoms with Crippen molar-refractivity contribution in [3.05, 3.63) is 90.7 Å². The van der Waals surface area contributed by atoms with E-state index in [1.54, 1.807) is 0 Å². The monoisotopic (exact) mass is 648 g/mol. The van der Waals surface area contributed by atoms with Crippen LogP contribution in [0.4, 0.5) is 0 Å². The highest BCUT2D eigenvalue weighted by Gasteiger charge is 2.09. The number of furan rings is 2. The molecule has 2 heterocycles. The molecule has 30 heavy (non-hydrogen) atoms. The molecule has 0 bridgehead atoms. The van der Waals surface area contributed by atoms with E-state index >= 15 is 0 Å². The lowest BCUT2D eigenvalue weighted by Crippen LogP contribution is -1.67. The van der Waals surface area contributed by atoms with E-state index in [-0.39, 0.29) is 0 Å². The molecule has 0 saturated heterocycles. The van der Waals surface area contributed by atoms with Crippen molar-refractivity contribution in [2.45, 2.75) is 0 Å². The number of fused-ring (bicyclic) bond motifs is 6. The van der Waals surface area contributed by atoms with Gasteiger partial charge in [-0.05, 0) is 76.6 Å². The van der Waals surface area contributed by atoms with Gasteiger partial charge in [-0.3, -0.25) is 0 Å². The summed E-state index contributed by atoms with van der Waals surface area (Å²) >= 11 is 13.9. The predicted molar refractivity (Wildman–Crippen MR) is 138 cm³/mol. The molecule has 0 aliphatic heterocycles. The fourth-order valence-electron chi connectivity index (χ4n) is 3.46. The molecule has 2 nitrogen and oxygen atoms in total.